The molecule has 66 valence electrons. The van der Waals surface area contributed by atoms with E-state index in [4.69, 9.17) is 0 Å². The van der Waals surface area contributed by atoms with Gasteiger partial charge >= 0.3 is 19.5 Å². The summed E-state index contributed by atoms with van der Waals surface area (Å²) in [5.74, 6) is -0.323. The molecule has 0 amide bonds. The molecule has 4 heteroatoms. The molecule has 0 atom stereocenters. The Balaban J connectivity index is 0. The first-order valence-corrected chi connectivity index (χ1v) is 3.30. The molecule has 0 heterocycles. The average Bonchev–Trinajstić information content (AvgIpc) is 2.06. The number of halogens is 1. The van der Waals surface area contributed by atoms with Crippen LogP contribution in [0.1, 0.15) is 5.56 Å². The van der Waals surface area contributed by atoms with E-state index in [9.17, 15) is 5.11 Å². The van der Waals surface area contributed by atoms with Gasteiger partial charge in [0.1, 0.15) is 0 Å². The third-order valence-corrected chi connectivity index (χ3v) is 1.29. The van der Waals surface area contributed by atoms with Crippen molar-refractivity contribution in [1.29, 1.82) is 0 Å². The summed E-state index contributed by atoms with van der Waals surface area (Å²) in [5, 5.41) is 10.7. The SMILES string of the molecule is COC([O-])=Cc1ccccc1.[Br-].[Zn+2]. The van der Waals surface area contributed by atoms with Crippen molar-refractivity contribution in [2.45, 2.75) is 0 Å². The fraction of sp³-hybridized carbons (Fsp3) is 0.111. The van der Waals surface area contributed by atoms with Gasteiger partial charge in [0.25, 0.3) is 0 Å². The third-order valence-electron chi connectivity index (χ3n) is 1.29. The predicted octanol–water partition coefficient (Wildman–Crippen LogP) is -2.01. The number of hydrogen-bond acceptors (Lipinski definition) is 2. The summed E-state index contributed by atoms with van der Waals surface area (Å²) in [6.07, 6.45) is 1.44. The monoisotopic (exact) mass is 292 g/mol. The summed E-state index contributed by atoms with van der Waals surface area (Å²) in [7, 11) is 1.36. The van der Waals surface area contributed by atoms with Crippen LogP contribution >= 0.6 is 0 Å². The van der Waals surface area contributed by atoms with Crippen LogP contribution in [0, 0.1) is 0 Å². The molecule has 0 aliphatic rings. The second-order valence-corrected chi connectivity index (χ2v) is 2.08. The second kappa shape index (κ2) is 8.27. The molecule has 0 unspecified atom stereocenters. The number of methoxy groups -OCH3 is 1. The van der Waals surface area contributed by atoms with Crippen molar-refractivity contribution in [1.82, 2.24) is 0 Å². The van der Waals surface area contributed by atoms with Gasteiger partial charge in [-0.05, 0) is 18.7 Å². The van der Waals surface area contributed by atoms with E-state index in [0.29, 0.717) is 0 Å². The Bertz CT molecular complexity index is 249. The van der Waals surface area contributed by atoms with Crippen LogP contribution in [0.4, 0.5) is 0 Å². The Morgan fingerprint density at radius 2 is 1.85 bits per heavy atom. The Labute approximate surface area is 101 Å². The molecule has 1 rings (SSSR count). The summed E-state index contributed by atoms with van der Waals surface area (Å²) < 4.78 is 4.46. The summed E-state index contributed by atoms with van der Waals surface area (Å²) >= 11 is 0. The summed E-state index contributed by atoms with van der Waals surface area (Å²) in [6.45, 7) is 0. The average molecular weight is 294 g/mol. The molecule has 0 bridgehead atoms. The van der Waals surface area contributed by atoms with Gasteiger partial charge in [-0.2, -0.15) is 0 Å². The molecular weight excluding hydrogens is 285 g/mol. The van der Waals surface area contributed by atoms with Crippen LogP contribution in [-0.2, 0) is 24.2 Å². The van der Waals surface area contributed by atoms with E-state index in [1.807, 2.05) is 30.3 Å². The molecular formula is C9H9BrO2Zn. The van der Waals surface area contributed by atoms with Crippen molar-refractivity contribution >= 4 is 6.08 Å². The Morgan fingerprint density at radius 1 is 1.31 bits per heavy atom. The minimum absolute atomic E-state index is 0. The molecule has 13 heavy (non-hydrogen) atoms. The molecule has 1 aromatic carbocycles. The minimum atomic E-state index is -0.323. The van der Waals surface area contributed by atoms with Crippen LogP contribution in [0.3, 0.4) is 0 Å². The van der Waals surface area contributed by atoms with Gasteiger partial charge in [-0.25, -0.2) is 0 Å². The maximum atomic E-state index is 10.7. The summed E-state index contributed by atoms with van der Waals surface area (Å²) in [4.78, 5) is 0. The van der Waals surface area contributed by atoms with Crippen LogP contribution in [0.2, 0.25) is 0 Å². The number of ether oxygens (including phenoxy) is 1. The quantitative estimate of drug-likeness (QED) is 0.467. The van der Waals surface area contributed by atoms with Crippen LogP contribution < -0.4 is 22.1 Å². The Hall–Kier alpha value is -0.337. The first-order chi connectivity index (χ1) is 5.33. The normalized spacial score (nSPS) is 9.46. The van der Waals surface area contributed by atoms with E-state index in [1.54, 1.807) is 0 Å². The topological polar surface area (TPSA) is 32.3 Å². The first kappa shape index (κ1) is 15.1. The van der Waals surface area contributed by atoms with Gasteiger partial charge in [-0.3, -0.25) is 0 Å². The number of benzene rings is 1. The molecule has 0 aliphatic heterocycles. The molecule has 0 saturated heterocycles. The zero-order valence-corrected chi connectivity index (χ0v) is 11.9. The zero-order chi connectivity index (χ0) is 8.10. The summed E-state index contributed by atoms with van der Waals surface area (Å²) in [5.41, 5.74) is 0.861. The fourth-order valence-electron chi connectivity index (χ4n) is 0.744. The van der Waals surface area contributed by atoms with Gasteiger partial charge in [0, 0.05) is 0 Å². The van der Waals surface area contributed by atoms with Gasteiger partial charge in [-0.1, -0.05) is 30.3 Å². The summed E-state index contributed by atoms with van der Waals surface area (Å²) in [6, 6.07) is 9.33. The predicted molar refractivity (Wildman–Crippen MR) is 41.4 cm³/mol. The van der Waals surface area contributed by atoms with Crippen LogP contribution in [0.15, 0.2) is 36.3 Å². The Kier molecular flexibility index (Phi) is 9.64. The molecule has 0 aliphatic carbocycles. The molecule has 1 aromatic rings. The van der Waals surface area contributed by atoms with Gasteiger partial charge in [0.05, 0.1) is 5.95 Å². The first-order valence-electron chi connectivity index (χ1n) is 3.30. The van der Waals surface area contributed by atoms with E-state index in [1.165, 1.54) is 13.2 Å². The van der Waals surface area contributed by atoms with Crippen LogP contribution in [-0.4, -0.2) is 7.11 Å². The van der Waals surface area contributed by atoms with Crippen molar-refractivity contribution in [2.75, 3.05) is 7.11 Å². The molecule has 0 saturated carbocycles. The Morgan fingerprint density at radius 3 is 2.31 bits per heavy atom. The minimum Gasteiger partial charge on any atom is -1.00 e. The van der Waals surface area contributed by atoms with E-state index in [-0.39, 0.29) is 42.4 Å². The standard InChI is InChI=1S/C9H10O2.BrH.Zn/c1-11-9(10)7-8-5-3-2-4-6-8;;/h2-7,10H,1H3;1H;/q;;+2/p-2. The van der Waals surface area contributed by atoms with E-state index < -0.39 is 0 Å². The van der Waals surface area contributed by atoms with Crippen molar-refractivity contribution in [3.63, 3.8) is 0 Å². The van der Waals surface area contributed by atoms with Gasteiger partial charge in [0.15, 0.2) is 0 Å². The maximum Gasteiger partial charge on any atom is 2.00 e. The molecule has 2 nitrogen and oxygen atoms in total. The smallest absolute Gasteiger partial charge is 1.00 e. The van der Waals surface area contributed by atoms with Crippen LogP contribution in [0.5, 0.6) is 0 Å². The molecule has 0 fully saturated rings. The van der Waals surface area contributed by atoms with Crippen molar-refractivity contribution in [2.24, 2.45) is 0 Å². The largest absolute Gasteiger partial charge is 2.00 e. The van der Waals surface area contributed by atoms with E-state index in [2.05, 4.69) is 4.74 Å². The van der Waals surface area contributed by atoms with Gasteiger partial charge in [-0.15, -0.1) is 0 Å². The van der Waals surface area contributed by atoms with Crippen molar-refractivity contribution < 1.29 is 46.3 Å². The van der Waals surface area contributed by atoms with E-state index in [0.717, 1.165) is 5.56 Å². The zero-order valence-electron chi connectivity index (χ0n) is 7.37. The van der Waals surface area contributed by atoms with Crippen molar-refractivity contribution in [3.8, 4) is 0 Å². The third kappa shape index (κ3) is 5.83. The van der Waals surface area contributed by atoms with E-state index >= 15 is 0 Å². The van der Waals surface area contributed by atoms with Gasteiger partial charge in [0.2, 0.25) is 0 Å². The van der Waals surface area contributed by atoms with Crippen molar-refractivity contribution in [3.05, 3.63) is 41.8 Å². The number of rotatable bonds is 2. The molecule has 0 aromatic heterocycles. The second-order valence-electron chi connectivity index (χ2n) is 2.08. The number of hydrogen-bond donors (Lipinski definition) is 0. The molecule has 0 radical (unpaired) electrons. The van der Waals surface area contributed by atoms with Gasteiger partial charge < -0.3 is 26.8 Å². The maximum absolute atomic E-state index is 10.7. The molecule has 0 N–H and O–H groups in total. The fourth-order valence-corrected chi connectivity index (χ4v) is 0.744. The van der Waals surface area contributed by atoms with Crippen LogP contribution in [0.25, 0.3) is 6.08 Å². The molecule has 0 spiro atoms.